The molecule has 1 fully saturated rings. The van der Waals surface area contributed by atoms with Gasteiger partial charge in [0.1, 0.15) is 30.2 Å². The van der Waals surface area contributed by atoms with Gasteiger partial charge in [-0.25, -0.2) is 0 Å². The van der Waals surface area contributed by atoms with Crippen molar-refractivity contribution in [1.29, 1.82) is 0 Å². The number of imide groups is 1. The van der Waals surface area contributed by atoms with Crippen LogP contribution in [-0.2, 0) is 75.3 Å². The van der Waals surface area contributed by atoms with Gasteiger partial charge < -0.3 is 73.3 Å². The number of rotatable bonds is 17. The summed E-state index contributed by atoms with van der Waals surface area (Å²) in [5.74, 6) is -11.1. The first-order valence-electron chi connectivity index (χ1n) is 28.6. The Kier molecular flexibility index (Phi) is 23.1. The SMILES string of the molecule is CC[C@H](C)[C@@H]1NC(=O)CNC(=O)[C@H]2Cc3c([nH]c4ccccc34)SC[C@H](NC(=O)CNC1=O)C(=O)N[C@@H](CC(=O)NCc1ccc(NC(=O)[C@H](C)NC(=O)CNC(=O)CCN3C(=O)C=CC3=O)cc1)C(=O)N1CCC[C@H]1N[C@@H]([C@@H](C)[C@@H](O)CO)C(=O)N2. The van der Waals surface area contributed by atoms with E-state index < -0.39 is 170 Å². The number of anilines is 1. The fourth-order valence-electron chi connectivity index (χ4n) is 10.1. The van der Waals surface area contributed by atoms with E-state index in [1.54, 1.807) is 50.2 Å². The Labute approximate surface area is 504 Å². The summed E-state index contributed by atoms with van der Waals surface area (Å²) in [7, 11) is 0. The van der Waals surface area contributed by atoms with Gasteiger partial charge in [0.25, 0.3) is 11.8 Å². The van der Waals surface area contributed by atoms with Gasteiger partial charge in [0.2, 0.25) is 65.0 Å². The highest BCUT2D eigenvalue weighted by Crippen LogP contribution is 2.32. The number of thioether (sulfide) groups is 1. The van der Waals surface area contributed by atoms with E-state index in [2.05, 4.69) is 63.5 Å². The molecule has 3 aromatic rings. The van der Waals surface area contributed by atoms with E-state index in [1.807, 2.05) is 0 Å². The van der Waals surface area contributed by atoms with Crippen LogP contribution in [0, 0.1) is 11.8 Å². The van der Waals surface area contributed by atoms with Gasteiger partial charge in [0.05, 0.1) is 56.0 Å². The molecule has 10 atom stereocenters. The average molecular weight is 1230 g/mol. The highest BCUT2D eigenvalue weighted by Gasteiger charge is 2.42. The highest BCUT2D eigenvalue weighted by atomic mass is 32.2. The first-order valence-corrected chi connectivity index (χ1v) is 29.6. The molecule has 1 aromatic heterocycles. The van der Waals surface area contributed by atoms with E-state index in [9.17, 15) is 72.5 Å². The molecule has 468 valence electrons. The fourth-order valence-corrected chi connectivity index (χ4v) is 11.2. The molecule has 0 spiro atoms. The van der Waals surface area contributed by atoms with Gasteiger partial charge in [-0.05, 0) is 55.0 Å². The number of hydrogen-bond donors (Lipinski definition) is 14. The molecular weight excluding hydrogens is 1150 g/mol. The largest absolute Gasteiger partial charge is 0.394 e. The normalized spacial score (nSPS) is 23.2. The number of aromatic nitrogens is 1. The zero-order valence-electron chi connectivity index (χ0n) is 48.5. The summed E-state index contributed by atoms with van der Waals surface area (Å²) in [5, 5.41) is 51.5. The van der Waals surface area contributed by atoms with Gasteiger partial charge in [-0.15, -0.1) is 11.8 Å². The summed E-state index contributed by atoms with van der Waals surface area (Å²) < 4.78 is 0. The molecule has 13 amide bonds. The standard InChI is InChI=1S/C57H74N14O15S/c1-5-29(2)49-54(84)61-25-45(77)64-39-28-87-56-35(34-9-6-7-10-36(34)67-56)21-37(52(82)60-26-46(78)69-49)65-55(85)50(30(3)40(73)27-72)68-41-11-8-19-70(41)57(86)38(66-53(39)83)22-43(75)58-23-32-12-14-33(15-13-32)63-51(81)31(4)62-44(76)24-59-42(74)18-20-71-47(79)16-17-48(71)80/h6-7,9-10,12-17,29-31,37-41,49-50,67-68,72-73H,5,8,11,18-28H2,1-4H3,(H,58,75)(H,59,74)(H,60,82)(H,61,84)(H,62,76)(H,63,81)(H,64,77)(H,65,85)(H,66,83)(H,69,78)/t29-,30-,31-,37+,38-,39-,40-,41-,49-,50-/m0/s1. The quantitative estimate of drug-likeness (QED) is 0.0584. The number of hydrogen-bond acceptors (Lipinski definition) is 17. The minimum Gasteiger partial charge on any atom is -0.394 e. The molecule has 1 saturated heterocycles. The van der Waals surface area contributed by atoms with Crippen LogP contribution in [0.1, 0.15) is 70.9 Å². The highest BCUT2D eigenvalue weighted by molar-refractivity contribution is 7.99. The lowest BCUT2D eigenvalue weighted by Crippen LogP contribution is -2.62. The van der Waals surface area contributed by atoms with Gasteiger partial charge in [-0.2, -0.15) is 0 Å². The Bertz CT molecular complexity index is 3140. The van der Waals surface area contributed by atoms with Crippen LogP contribution in [0.3, 0.4) is 0 Å². The topological polar surface area (TPSA) is 417 Å². The molecule has 87 heavy (non-hydrogen) atoms. The predicted molar refractivity (Wildman–Crippen MR) is 312 cm³/mol. The van der Waals surface area contributed by atoms with Crippen molar-refractivity contribution >= 4 is 105 Å². The van der Waals surface area contributed by atoms with E-state index >= 15 is 0 Å². The van der Waals surface area contributed by atoms with Crippen LogP contribution in [-0.4, -0.2) is 195 Å². The van der Waals surface area contributed by atoms with E-state index in [0.29, 0.717) is 45.6 Å². The minimum absolute atomic E-state index is 0.0668. The van der Waals surface area contributed by atoms with Crippen LogP contribution in [0.2, 0.25) is 0 Å². The molecule has 0 radical (unpaired) electrons. The van der Waals surface area contributed by atoms with Crippen molar-refractivity contribution in [2.24, 2.45) is 11.8 Å². The molecular formula is C57H74N14O15S. The summed E-state index contributed by atoms with van der Waals surface area (Å²) in [6.45, 7) is 3.67. The maximum absolute atomic E-state index is 15.0. The van der Waals surface area contributed by atoms with Crippen molar-refractivity contribution in [1.82, 2.24) is 68.0 Å². The maximum atomic E-state index is 15.0. The number of aromatic amines is 1. The average Bonchev–Trinajstić information content (AvgIpc) is 2.32. The lowest BCUT2D eigenvalue weighted by molar-refractivity contribution is -0.141. The number of H-pyrrole nitrogens is 1. The zero-order valence-corrected chi connectivity index (χ0v) is 49.3. The number of amides is 13. The molecule has 14 N–H and O–H groups in total. The third-order valence-electron chi connectivity index (χ3n) is 15.4. The third-order valence-corrected chi connectivity index (χ3v) is 16.6. The zero-order chi connectivity index (χ0) is 63.1. The number of aliphatic hydroxyl groups is 2. The number of carbonyl (C=O) groups excluding carboxylic acids is 13. The summed E-state index contributed by atoms with van der Waals surface area (Å²) >= 11 is 1.06. The lowest BCUT2D eigenvalue weighted by Gasteiger charge is -2.35. The number of nitrogens with zero attached hydrogens (tertiary/aromatic N) is 2. The van der Waals surface area contributed by atoms with Crippen LogP contribution in [0.25, 0.3) is 10.9 Å². The van der Waals surface area contributed by atoms with Crippen molar-refractivity contribution in [2.45, 2.75) is 126 Å². The first kappa shape index (κ1) is 65.8. The number of fused-ring (bicyclic) bond motifs is 5. The second-order valence-corrected chi connectivity index (χ2v) is 22.7. The van der Waals surface area contributed by atoms with Crippen molar-refractivity contribution in [3.05, 3.63) is 71.8 Å². The molecule has 7 rings (SSSR count). The van der Waals surface area contributed by atoms with E-state index in [1.165, 1.54) is 30.9 Å². The van der Waals surface area contributed by atoms with E-state index in [0.717, 1.165) is 28.8 Å². The number of aliphatic hydroxyl groups excluding tert-OH is 2. The second-order valence-electron chi connectivity index (χ2n) is 21.7. The fraction of sp³-hybridized carbons (Fsp3) is 0.491. The minimum atomic E-state index is -1.61. The van der Waals surface area contributed by atoms with Gasteiger partial charge in [-0.1, -0.05) is 57.5 Å². The summed E-state index contributed by atoms with van der Waals surface area (Å²) in [6, 6.07) is 5.17. The van der Waals surface area contributed by atoms with Crippen LogP contribution in [0.5, 0.6) is 0 Å². The first-order chi connectivity index (χ1) is 41.5. The molecule has 29 nitrogen and oxygen atoms in total. The Hall–Kier alpha value is -8.74. The van der Waals surface area contributed by atoms with E-state index in [-0.39, 0.29) is 44.6 Å². The third kappa shape index (κ3) is 17.7. The van der Waals surface area contributed by atoms with Crippen LogP contribution >= 0.6 is 11.8 Å². The van der Waals surface area contributed by atoms with Crippen molar-refractivity contribution in [2.75, 3.05) is 50.4 Å². The van der Waals surface area contributed by atoms with Crippen molar-refractivity contribution in [3.8, 4) is 0 Å². The van der Waals surface area contributed by atoms with Gasteiger partial charge in [0.15, 0.2) is 0 Å². The van der Waals surface area contributed by atoms with Gasteiger partial charge in [-0.3, -0.25) is 72.5 Å². The van der Waals surface area contributed by atoms with Gasteiger partial charge >= 0.3 is 0 Å². The number of nitrogens with one attached hydrogen (secondary N) is 12. The lowest BCUT2D eigenvalue weighted by atomic mass is 9.94. The molecule has 0 unspecified atom stereocenters. The van der Waals surface area contributed by atoms with Crippen LogP contribution < -0.4 is 58.5 Å². The van der Waals surface area contributed by atoms with Crippen LogP contribution in [0.15, 0.2) is 65.7 Å². The molecule has 4 aliphatic heterocycles. The molecule has 2 bridgehead atoms. The number of benzene rings is 2. The van der Waals surface area contributed by atoms with Crippen molar-refractivity contribution < 1.29 is 72.5 Å². The molecule has 5 heterocycles. The van der Waals surface area contributed by atoms with Gasteiger partial charge in [0, 0.05) is 72.9 Å². The van der Waals surface area contributed by atoms with E-state index in [4.69, 9.17) is 0 Å². The second kappa shape index (κ2) is 30.6. The molecule has 30 heteroatoms. The Morgan fingerprint density at radius 2 is 1.45 bits per heavy atom. The Balaban J connectivity index is 1.11. The molecule has 2 aromatic carbocycles. The number of para-hydroxylation sites is 1. The summed E-state index contributed by atoms with van der Waals surface area (Å²) in [5.41, 5.74) is 1.95. The van der Waals surface area contributed by atoms with Crippen LogP contribution in [0.4, 0.5) is 5.69 Å². The smallest absolute Gasteiger partial charge is 0.253 e. The molecule has 0 aliphatic carbocycles. The maximum Gasteiger partial charge on any atom is 0.253 e. The molecule has 0 saturated carbocycles. The predicted octanol–water partition coefficient (Wildman–Crippen LogP) is -3.48. The van der Waals surface area contributed by atoms with Crippen molar-refractivity contribution in [3.63, 3.8) is 0 Å². The Morgan fingerprint density at radius 3 is 2.15 bits per heavy atom. The Morgan fingerprint density at radius 1 is 0.759 bits per heavy atom. The summed E-state index contributed by atoms with van der Waals surface area (Å²) in [4.78, 5) is 181. The monoisotopic (exact) mass is 1230 g/mol. The molecule has 4 aliphatic rings. The number of carbonyl (C=O) groups is 13. The summed E-state index contributed by atoms with van der Waals surface area (Å²) in [6.07, 6.45) is -0.358.